The van der Waals surface area contributed by atoms with Crippen LogP contribution in [0.25, 0.3) is 22.2 Å². The largest absolute Gasteiger partial charge is 0.494 e. The molecule has 0 spiro atoms. The normalized spacial score (nSPS) is 11.1. The lowest BCUT2D eigenvalue weighted by atomic mass is 10.1. The van der Waals surface area contributed by atoms with E-state index in [1.54, 1.807) is 6.33 Å². The van der Waals surface area contributed by atoms with E-state index in [4.69, 9.17) is 4.74 Å². The summed E-state index contributed by atoms with van der Waals surface area (Å²) >= 11 is 0. The van der Waals surface area contributed by atoms with E-state index in [1.165, 1.54) is 6.07 Å². The number of ether oxygens (including phenoxy) is 1. The van der Waals surface area contributed by atoms with Crippen molar-refractivity contribution in [1.82, 2.24) is 14.5 Å². The number of nitrogens with one attached hydrogen (secondary N) is 1. The van der Waals surface area contributed by atoms with Crippen molar-refractivity contribution in [1.29, 1.82) is 0 Å². The average Bonchev–Trinajstić information content (AvgIpc) is 3.09. The molecule has 0 radical (unpaired) electrons. The molecule has 4 aromatic rings. The van der Waals surface area contributed by atoms with Gasteiger partial charge in [-0.15, -0.1) is 0 Å². The van der Waals surface area contributed by atoms with Gasteiger partial charge in [0, 0.05) is 35.8 Å². The molecule has 5 nitrogen and oxygen atoms in total. The Morgan fingerprint density at radius 1 is 1.07 bits per heavy atom. The van der Waals surface area contributed by atoms with E-state index in [0.29, 0.717) is 25.2 Å². The Kier molecular flexibility index (Phi) is 5.65. The number of hydrogen-bond acceptors (Lipinski definition) is 4. The number of aromatic nitrogens is 3. The van der Waals surface area contributed by atoms with Gasteiger partial charge in [0.2, 0.25) is 0 Å². The van der Waals surface area contributed by atoms with Crippen molar-refractivity contribution in [3.8, 4) is 17.0 Å². The minimum atomic E-state index is -0.192. The van der Waals surface area contributed by atoms with Crippen molar-refractivity contribution in [2.75, 3.05) is 18.5 Å². The number of benzene rings is 2. The number of rotatable bonds is 7. The maximum atomic E-state index is 14.4. The van der Waals surface area contributed by atoms with Crippen LogP contribution in [0.2, 0.25) is 0 Å². The zero-order chi connectivity index (χ0) is 21.1. The van der Waals surface area contributed by atoms with E-state index >= 15 is 0 Å². The first-order valence-electron chi connectivity index (χ1n) is 10.1. The van der Waals surface area contributed by atoms with Gasteiger partial charge in [-0.25, -0.2) is 14.4 Å². The number of hydrogen-bond donors (Lipinski definition) is 1. The molecule has 6 heteroatoms. The third-order valence-corrected chi connectivity index (χ3v) is 5.18. The standard InChI is InChI=1S/C24H25FN4O/c1-4-30-19-7-5-6-18(13-19)22-14-23(28-15-27-22)26-10-11-29-17(3)12-20-16(2)8-9-21(25)24(20)29/h5-9,12-15H,4,10-11H2,1-3H3,(H,26,27,28). The molecule has 0 bridgehead atoms. The fraction of sp³-hybridized carbons (Fsp3) is 0.250. The first-order chi connectivity index (χ1) is 14.6. The summed E-state index contributed by atoms with van der Waals surface area (Å²) in [7, 11) is 0. The molecule has 2 heterocycles. The minimum Gasteiger partial charge on any atom is -0.494 e. The van der Waals surface area contributed by atoms with Crippen LogP contribution >= 0.6 is 0 Å². The Morgan fingerprint density at radius 2 is 1.93 bits per heavy atom. The Bertz CT molecular complexity index is 1190. The molecule has 154 valence electrons. The summed E-state index contributed by atoms with van der Waals surface area (Å²) in [6, 6.07) is 15.2. The second kappa shape index (κ2) is 8.53. The summed E-state index contributed by atoms with van der Waals surface area (Å²) in [5.74, 6) is 1.35. The molecule has 0 unspecified atom stereocenters. The zero-order valence-corrected chi connectivity index (χ0v) is 17.4. The summed E-state index contributed by atoms with van der Waals surface area (Å²) in [5, 5.41) is 4.30. The van der Waals surface area contributed by atoms with Crippen molar-refractivity contribution in [3.63, 3.8) is 0 Å². The van der Waals surface area contributed by atoms with Gasteiger partial charge in [0.15, 0.2) is 0 Å². The van der Waals surface area contributed by atoms with Gasteiger partial charge in [0.05, 0.1) is 17.8 Å². The van der Waals surface area contributed by atoms with E-state index in [9.17, 15) is 4.39 Å². The molecule has 0 saturated heterocycles. The summed E-state index contributed by atoms with van der Waals surface area (Å²) in [6.07, 6.45) is 1.55. The third-order valence-electron chi connectivity index (χ3n) is 5.18. The van der Waals surface area contributed by atoms with Crippen LogP contribution < -0.4 is 10.1 Å². The predicted molar refractivity (Wildman–Crippen MR) is 118 cm³/mol. The smallest absolute Gasteiger partial charge is 0.147 e. The SMILES string of the molecule is CCOc1cccc(-c2cc(NCCn3c(C)cc4c(C)ccc(F)c43)ncn2)c1. The van der Waals surface area contributed by atoms with Gasteiger partial charge in [-0.1, -0.05) is 18.2 Å². The van der Waals surface area contributed by atoms with Crippen molar-refractivity contribution in [2.24, 2.45) is 0 Å². The Hall–Kier alpha value is -3.41. The quantitative estimate of drug-likeness (QED) is 0.450. The van der Waals surface area contributed by atoms with Crippen LogP contribution in [0.5, 0.6) is 5.75 Å². The van der Waals surface area contributed by atoms with E-state index in [-0.39, 0.29) is 5.82 Å². The van der Waals surface area contributed by atoms with Crippen molar-refractivity contribution < 1.29 is 9.13 Å². The average molecular weight is 404 g/mol. The Labute approximate surface area is 175 Å². The molecule has 0 aliphatic carbocycles. The highest BCUT2D eigenvalue weighted by Crippen LogP contribution is 2.26. The maximum Gasteiger partial charge on any atom is 0.147 e. The second-order valence-corrected chi connectivity index (χ2v) is 7.24. The molecule has 0 saturated carbocycles. The highest BCUT2D eigenvalue weighted by molar-refractivity contribution is 5.85. The van der Waals surface area contributed by atoms with Gasteiger partial charge in [0.25, 0.3) is 0 Å². The molecule has 30 heavy (non-hydrogen) atoms. The number of anilines is 1. The van der Waals surface area contributed by atoms with Crippen molar-refractivity contribution >= 4 is 16.7 Å². The molecule has 2 aromatic carbocycles. The van der Waals surface area contributed by atoms with Crippen molar-refractivity contribution in [3.05, 3.63) is 71.9 Å². The lowest BCUT2D eigenvalue weighted by Gasteiger charge is -2.12. The van der Waals surface area contributed by atoms with Gasteiger partial charge < -0.3 is 14.6 Å². The second-order valence-electron chi connectivity index (χ2n) is 7.24. The van der Waals surface area contributed by atoms with Crippen LogP contribution in [-0.4, -0.2) is 27.7 Å². The summed E-state index contributed by atoms with van der Waals surface area (Å²) in [6.45, 7) is 7.85. The number of nitrogens with zero attached hydrogens (tertiary/aromatic N) is 3. The first-order valence-corrected chi connectivity index (χ1v) is 10.1. The molecular weight excluding hydrogens is 379 g/mol. The monoisotopic (exact) mass is 404 g/mol. The van der Waals surface area contributed by atoms with Gasteiger partial charge in [-0.3, -0.25) is 0 Å². The highest BCUT2D eigenvalue weighted by atomic mass is 19.1. The van der Waals surface area contributed by atoms with Crippen LogP contribution in [0.4, 0.5) is 10.2 Å². The van der Waals surface area contributed by atoms with Gasteiger partial charge in [-0.2, -0.15) is 0 Å². The van der Waals surface area contributed by atoms with Crippen molar-refractivity contribution in [2.45, 2.75) is 27.3 Å². The van der Waals surface area contributed by atoms with Crippen LogP contribution in [0, 0.1) is 19.7 Å². The minimum absolute atomic E-state index is 0.192. The summed E-state index contributed by atoms with van der Waals surface area (Å²) in [5.41, 5.74) is 4.56. The first kappa shape index (κ1) is 19.9. The van der Waals surface area contributed by atoms with E-state index in [2.05, 4.69) is 15.3 Å². The van der Waals surface area contributed by atoms with E-state index in [1.807, 2.05) is 67.8 Å². The lowest BCUT2D eigenvalue weighted by molar-refractivity contribution is 0.340. The molecule has 4 rings (SSSR count). The predicted octanol–water partition coefficient (Wildman–Crippen LogP) is 5.37. The van der Waals surface area contributed by atoms with Gasteiger partial charge in [0.1, 0.15) is 23.7 Å². The Balaban J connectivity index is 1.50. The molecule has 0 aliphatic rings. The fourth-order valence-corrected chi connectivity index (χ4v) is 3.71. The third kappa shape index (κ3) is 3.99. The molecule has 1 N–H and O–H groups in total. The van der Waals surface area contributed by atoms with Crippen LogP contribution in [0.1, 0.15) is 18.2 Å². The molecule has 0 atom stereocenters. The van der Waals surface area contributed by atoms with Crippen LogP contribution in [0.3, 0.4) is 0 Å². The topological polar surface area (TPSA) is 52.0 Å². The summed E-state index contributed by atoms with van der Waals surface area (Å²) in [4.78, 5) is 8.71. The zero-order valence-electron chi connectivity index (χ0n) is 17.4. The fourth-order valence-electron chi connectivity index (χ4n) is 3.71. The Morgan fingerprint density at radius 3 is 2.77 bits per heavy atom. The molecule has 0 fully saturated rings. The molecular formula is C24H25FN4O. The van der Waals surface area contributed by atoms with E-state index in [0.717, 1.165) is 39.5 Å². The number of aryl methyl sites for hydroxylation is 2. The highest BCUT2D eigenvalue weighted by Gasteiger charge is 2.12. The van der Waals surface area contributed by atoms with Crippen LogP contribution in [-0.2, 0) is 6.54 Å². The van der Waals surface area contributed by atoms with Gasteiger partial charge in [-0.05, 0) is 50.6 Å². The maximum absolute atomic E-state index is 14.4. The number of fused-ring (bicyclic) bond motifs is 1. The van der Waals surface area contributed by atoms with E-state index < -0.39 is 0 Å². The number of halogens is 1. The van der Waals surface area contributed by atoms with Crippen LogP contribution in [0.15, 0.2) is 54.9 Å². The molecule has 2 aromatic heterocycles. The molecule has 0 aliphatic heterocycles. The summed E-state index contributed by atoms with van der Waals surface area (Å²) < 4.78 is 22.0. The lowest BCUT2D eigenvalue weighted by Crippen LogP contribution is -2.13. The van der Waals surface area contributed by atoms with Gasteiger partial charge >= 0.3 is 0 Å². The molecule has 0 amide bonds.